The maximum absolute atomic E-state index is 10.7. The number of halogens is 1. The Morgan fingerprint density at radius 1 is 1.56 bits per heavy atom. The maximum Gasteiger partial charge on any atom is 0.373 e. The molecule has 0 atom stereocenters. The van der Waals surface area contributed by atoms with Crippen molar-refractivity contribution in [2.24, 2.45) is 0 Å². The van der Waals surface area contributed by atoms with Crippen LogP contribution in [0.2, 0.25) is 5.02 Å². The summed E-state index contributed by atoms with van der Waals surface area (Å²) in [6.07, 6.45) is 1.49. The molecule has 0 saturated heterocycles. The summed E-state index contributed by atoms with van der Waals surface area (Å²) in [5, 5.41) is 9.30. The van der Waals surface area contributed by atoms with Crippen molar-refractivity contribution >= 4 is 17.6 Å². The van der Waals surface area contributed by atoms with Crippen molar-refractivity contribution in [3.05, 3.63) is 46.6 Å². The zero-order valence-corrected chi connectivity index (χ0v) is 10.3. The van der Waals surface area contributed by atoms with Crippen LogP contribution in [0.5, 0.6) is 5.75 Å². The van der Waals surface area contributed by atoms with Crippen molar-refractivity contribution < 1.29 is 19.1 Å². The normalized spacial score (nSPS) is 10.3. The van der Waals surface area contributed by atoms with Crippen LogP contribution in [0.25, 0.3) is 0 Å². The number of oxazole rings is 1. The number of benzene rings is 1. The standard InChI is InChI=1S/C12H10ClNO4/c1-17-9-3-2-8(13)4-7(9)5-11-14-6-10(18-11)12(15)16/h2-4,6H,5H2,1H3,(H,15,16). The monoisotopic (exact) mass is 267 g/mol. The fraction of sp³-hybridized carbons (Fsp3) is 0.167. The van der Waals surface area contributed by atoms with Gasteiger partial charge in [-0.25, -0.2) is 9.78 Å². The number of methoxy groups -OCH3 is 1. The van der Waals surface area contributed by atoms with Gasteiger partial charge in [0.15, 0.2) is 5.89 Å². The molecule has 0 unspecified atom stereocenters. The van der Waals surface area contributed by atoms with Gasteiger partial charge < -0.3 is 14.3 Å². The van der Waals surface area contributed by atoms with Crippen LogP contribution >= 0.6 is 11.6 Å². The van der Waals surface area contributed by atoms with Gasteiger partial charge in [0.05, 0.1) is 19.7 Å². The van der Waals surface area contributed by atoms with Crippen LogP contribution in [-0.4, -0.2) is 23.2 Å². The number of aromatic nitrogens is 1. The summed E-state index contributed by atoms with van der Waals surface area (Å²) in [6.45, 7) is 0. The second-order valence-electron chi connectivity index (χ2n) is 3.56. The van der Waals surface area contributed by atoms with E-state index in [4.69, 9.17) is 25.9 Å². The molecule has 0 fully saturated rings. The summed E-state index contributed by atoms with van der Waals surface area (Å²) in [5.41, 5.74) is 0.781. The fourth-order valence-corrected chi connectivity index (χ4v) is 1.73. The fourth-order valence-electron chi connectivity index (χ4n) is 1.54. The molecule has 6 heteroatoms. The van der Waals surface area contributed by atoms with Crippen LogP contribution in [0, 0.1) is 0 Å². The Morgan fingerprint density at radius 3 is 2.94 bits per heavy atom. The molecule has 0 radical (unpaired) electrons. The van der Waals surface area contributed by atoms with E-state index in [0.29, 0.717) is 23.1 Å². The average Bonchev–Trinajstić information content (AvgIpc) is 2.78. The topological polar surface area (TPSA) is 72.6 Å². The molecule has 1 heterocycles. The van der Waals surface area contributed by atoms with E-state index in [-0.39, 0.29) is 5.76 Å². The zero-order chi connectivity index (χ0) is 13.1. The summed E-state index contributed by atoms with van der Waals surface area (Å²) < 4.78 is 10.3. The minimum atomic E-state index is -1.15. The smallest absolute Gasteiger partial charge is 0.373 e. The van der Waals surface area contributed by atoms with E-state index in [0.717, 1.165) is 5.56 Å². The number of ether oxygens (including phenoxy) is 1. The zero-order valence-electron chi connectivity index (χ0n) is 9.51. The Balaban J connectivity index is 2.27. The highest BCUT2D eigenvalue weighted by Gasteiger charge is 2.13. The highest BCUT2D eigenvalue weighted by Crippen LogP contribution is 2.25. The van der Waals surface area contributed by atoms with Crippen molar-refractivity contribution in [1.29, 1.82) is 0 Å². The first-order valence-corrected chi connectivity index (χ1v) is 5.48. The van der Waals surface area contributed by atoms with Gasteiger partial charge in [0, 0.05) is 10.6 Å². The number of hydrogen-bond donors (Lipinski definition) is 1. The van der Waals surface area contributed by atoms with E-state index in [1.54, 1.807) is 25.3 Å². The summed E-state index contributed by atoms with van der Waals surface area (Å²) >= 11 is 5.89. The van der Waals surface area contributed by atoms with Crippen LogP contribution in [0.4, 0.5) is 0 Å². The van der Waals surface area contributed by atoms with E-state index in [1.807, 2.05) is 0 Å². The number of carboxylic acid groups (broad SMARTS) is 1. The van der Waals surface area contributed by atoms with Crippen molar-refractivity contribution in [3.63, 3.8) is 0 Å². The predicted octanol–water partition coefficient (Wildman–Crippen LogP) is 2.63. The van der Waals surface area contributed by atoms with Gasteiger partial charge >= 0.3 is 5.97 Å². The average molecular weight is 268 g/mol. The lowest BCUT2D eigenvalue weighted by Crippen LogP contribution is -1.94. The number of nitrogens with zero attached hydrogens (tertiary/aromatic N) is 1. The van der Waals surface area contributed by atoms with Crippen LogP contribution in [0.3, 0.4) is 0 Å². The molecule has 5 nitrogen and oxygen atoms in total. The molecule has 0 spiro atoms. The molecule has 0 aliphatic carbocycles. The van der Waals surface area contributed by atoms with Crippen LogP contribution in [0.1, 0.15) is 22.0 Å². The summed E-state index contributed by atoms with van der Waals surface area (Å²) in [5.74, 6) is -0.389. The molecule has 1 aromatic heterocycles. The van der Waals surface area contributed by atoms with Crippen molar-refractivity contribution in [3.8, 4) is 5.75 Å². The third kappa shape index (κ3) is 2.62. The SMILES string of the molecule is COc1ccc(Cl)cc1Cc1ncc(C(=O)O)o1. The van der Waals surface area contributed by atoms with Crippen LogP contribution < -0.4 is 4.74 Å². The number of carbonyl (C=O) groups is 1. The first kappa shape index (κ1) is 12.4. The van der Waals surface area contributed by atoms with Crippen LogP contribution in [0.15, 0.2) is 28.8 Å². The summed E-state index contributed by atoms with van der Waals surface area (Å²) in [7, 11) is 1.55. The first-order valence-electron chi connectivity index (χ1n) is 5.10. The molecule has 94 valence electrons. The molecular formula is C12H10ClNO4. The van der Waals surface area contributed by atoms with E-state index in [9.17, 15) is 4.79 Å². The van der Waals surface area contributed by atoms with Gasteiger partial charge in [0.1, 0.15) is 5.75 Å². The molecule has 0 amide bonds. The Hall–Kier alpha value is -2.01. The molecule has 2 rings (SSSR count). The number of aromatic carboxylic acids is 1. The third-order valence-corrected chi connectivity index (χ3v) is 2.58. The molecule has 0 aliphatic heterocycles. The second-order valence-corrected chi connectivity index (χ2v) is 3.99. The minimum absolute atomic E-state index is 0.189. The molecule has 0 bridgehead atoms. The Morgan fingerprint density at radius 2 is 2.33 bits per heavy atom. The van der Waals surface area contributed by atoms with E-state index >= 15 is 0 Å². The first-order chi connectivity index (χ1) is 8.60. The number of carboxylic acids is 1. The van der Waals surface area contributed by atoms with Crippen molar-refractivity contribution in [2.45, 2.75) is 6.42 Å². The van der Waals surface area contributed by atoms with E-state index in [1.165, 1.54) is 6.20 Å². The van der Waals surface area contributed by atoms with Crippen LogP contribution in [-0.2, 0) is 6.42 Å². The summed E-state index contributed by atoms with van der Waals surface area (Å²) in [6, 6.07) is 5.17. The molecule has 0 aliphatic rings. The summed E-state index contributed by atoms with van der Waals surface area (Å²) in [4.78, 5) is 14.6. The van der Waals surface area contributed by atoms with Gasteiger partial charge in [-0.3, -0.25) is 0 Å². The largest absolute Gasteiger partial charge is 0.496 e. The lowest BCUT2D eigenvalue weighted by Gasteiger charge is -2.06. The maximum atomic E-state index is 10.7. The van der Waals surface area contributed by atoms with Gasteiger partial charge in [0.25, 0.3) is 0 Å². The van der Waals surface area contributed by atoms with Gasteiger partial charge in [-0.1, -0.05) is 11.6 Å². The predicted molar refractivity (Wildman–Crippen MR) is 64.3 cm³/mol. The van der Waals surface area contributed by atoms with Gasteiger partial charge in [-0.05, 0) is 18.2 Å². The molecule has 0 saturated carbocycles. The number of hydrogen-bond acceptors (Lipinski definition) is 4. The molecular weight excluding hydrogens is 258 g/mol. The van der Waals surface area contributed by atoms with Gasteiger partial charge in [-0.15, -0.1) is 0 Å². The highest BCUT2D eigenvalue weighted by atomic mass is 35.5. The van der Waals surface area contributed by atoms with Crippen molar-refractivity contribution in [1.82, 2.24) is 4.98 Å². The lowest BCUT2D eigenvalue weighted by atomic mass is 10.1. The quantitative estimate of drug-likeness (QED) is 0.922. The molecule has 18 heavy (non-hydrogen) atoms. The van der Waals surface area contributed by atoms with Gasteiger partial charge in [-0.2, -0.15) is 0 Å². The molecule has 2 aromatic rings. The molecule has 1 N–H and O–H groups in total. The second kappa shape index (κ2) is 5.10. The Labute approximate surface area is 108 Å². The van der Waals surface area contributed by atoms with Crippen molar-refractivity contribution in [2.75, 3.05) is 7.11 Å². The highest BCUT2D eigenvalue weighted by molar-refractivity contribution is 6.30. The Bertz CT molecular complexity index is 579. The Kier molecular flexibility index (Phi) is 3.53. The number of rotatable bonds is 4. The molecule has 1 aromatic carbocycles. The minimum Gasteiger partial charge on any atom is -0.496 e. The third-order valence-electron chi connectivity index (χ3n) is 2.35. The lowest BCUT2D eigenvalue weighted by molar-refractivity contribution is 0.0660. The van der Waals surface area contributed by atoms with Gasteiger partial charge in [0.2, 0.25) is 5.76 Å². The van der Waals surface area contributed by atoms with E-state index < -0.39 is 5.97 Å². The van der Waals surface area contributed by atoms with E-state index in [2.05, 4.69) is 4.98 Å².